The standard InChI is InChI=1S/C14H16ClN3OS/c1-3-16-13-6-11(12(15)7-17-13)14(19)18-9(2)10-4-5-20-8-10/h4-9H,3H2,1-2H3,(H,16,17)(H,18,19). The highest BCUT2D eigenvalue weighted by molar-refractivity contribution is 7.07. The Morgan fingerprint density at radius 1 is 1.55 bits per heavy atom. The van der Waals surface area contributed by atoms with Gasteiger partial charge in [-0.25, -0.2) is 4.98 Å². The molecule has 1 unspecified atom stereocenters. The Balaban J connectivity index is 2.14. The lowest BCUT2D eigenvalue weighted by Crippen LogP contribution is -2.26. The van der Waals surface area contributed by atoms with Gasteiger partial charge in [0, 0.05) is 12.7 Å². The number of carbonyl (C=O) groups excluding carboxylic acids is 1. The molecular weight excluding hydrogens is 294 g/mol. The Morgan fingerprint density at radius 3 is 3.00 bits per heavy atom. The highest BCUT2D eigenvalue weighted by Gasteiger charge is 2.15. The van der Waals surface area contributed by atoms with E-state index in [1.165, 1.54) is 6.20 Å². The molecule has 0 saturated heterocycles. The van der Waals surface area contributed by atoms with E-state index in [4.69, 9.17) is 11.6 Å². The first-order valence-electron chi connectivity index (χ1n) is 6.34. The van der Waals surface area contributed by atoms with Gasteiger partial charge in [0.1, 0.15) is 5.82 Å². The van der Waals surface area contributed by atoms with Gasteiger partial charge in [-0.1, -0.05) is 11.6 Å². The molecule has 2 heterocycles. The van der Waals surface area contributed by atoms with Crippen molar-refractivity contribution in [1.82, 2.24) is 10.3 Å². The lowest BCUT2D eigenvalue weighted by molar-refractivity contribution is 0.0940. The van der Waals surface area contributed by atoms with Gasteiger partial charge in [0.05, 0.1) is 16.6 Å². The fraction of sp³-hybridized carbons (Fsp3) is 0.286. The van der Waals surface area contributed by atoms with Crippen molar-refractivity contribution in [1.29, 1.82) is 0 Å². The third-order valence-corrected chi connectivity index (χ3v) is 3.85. The number of halogens is 1. The van der Waals surface area contributed by atoms with Gasteiger partial charge in [-0.15, -0.1) is 0 Å². The van der Waals surface area contributed by atoms with E-state index in [-0.39, 0.29) is 11.9 Å². The smallest absolute Gasteiger partial charge is 0.253 e. The number of hydrogen-bond acceptors (Lipinski definition) is 4. The maximum Gasteiger partial charge on any atom is 0.253 e. The third-order valence-electron chi connectivity index (χ3n) is 2.85. The molecule has 0 saturated carbocycles. The van der Waals surface area contributed by atoms with Crippen molar-refractivity contribution in [2.75, 3.05) is 11.9 Å². The number of nitrogens with zero attached hydrogens (tertiary/aromatic N) is 1. The quantitative estimate of drug-likeness (QED) is 0.885. The molecule has 2 aromatic rings. The van der Waals surface area contributed by atoms with Crippen LogP contribution >= 0.6 is 22.9 Å². The van der Waals surface area contributed by atoms with Crippen LogP contribution in [0.5, 0.6) is 0 Å². The minimum Gasteiger partial charge on any atom is -0.370 e. The van der Waals surface area contributed by atoms with E-state index in [0.29, 0.717) is 16.4 Å². The van der Waals surface area contributed by atoms with Crippen LogP contribution in [-0.4, -0.2) is 17.4 Å². The van der Waals surface area contributed by atoms with Crippen LogP contribution in [0.2, 0.25) is 5.02 Å². The summed E-state index contributed by atoms with van der Waals surface area (Å²) < 4.78 is 0. The summed E-state index contributed by atoms with van der Waals surface area (Å²) in [6.45, 7) is 4.65. The van der Waals surface area contributed by atoms with E-state index < -0.39 is 0 Å². The molecule has 6 heteroatoms. The maximum atomic E-state index is 12.3. The Hall–Kier alpha value is -1.59. The number of aromatic nitrogens is 1. The SMILES string of the molecule is CCNc1cc(C(=O)NC(C)c2ccsc2)c(Cl)cn1. The number of hydrogen-bond donors (Lipinski definition) is 2. The lowest BCUT2D eigenvalue weighted by Gasteiger charge is -2.14. The van der Waals surface area contributed by atoms with Crippen molar-refractivity contribution in [3.8, 4) is 0 Å². The van der Waals surface area contributed by atoms with Crippen LogP contribution < -0.4 is 10.6 Å². The summed E-state index contributed by atoms with van der Waals surface area (Å²) in [6.07, 6.45) is 1.49. The normalized spacial score (nSPS) is 11.9. The third kappa shape index (κ3) is 3.49. The molecule has 0 aliphatic rings. The number of amides is 1. The molecule has 2 aromatic heterocycles. The lowest BCUT2D eigenvalue weighted by atomic mass is 10.1. The average Bonchev–Trinajstić information content (AvgIpc) is 2.95. The molecule has 0 spiro atoms. The summed E-state index contributed by atoms with van der Waals surface area (Å²) in [6, 6.07) is 3.61. The van der Waals surface area contributed by atoms with Crippen molar-refractivity contribution in [2.45, 2.75) is 19.9 Å². The highest BCUT2D eigenvalue weighted by Crippen LogP contribution is 2.20. The van der Waals surface area contributed by atoms with Crippen molar-refractivity contribution >= 4 is 34.7 Å². The number of carbonyl (C=O) groups is 1. The number of rotatable bonds is 5. The first kappa shape index (κ1) is 14.8. The second kappa shape index (κ2) is 6.72. The Bertz CT molecular complexity index is 586. The van der Waals surface area contributed by atoms with E-state index in [0.717, 1.165) is 12.1 Å². The van der Waals surface area contributed by atoms with E-state index in [9.17, 15) is 4.79 Å². The number of nitrogens with one attached hydrogen (secondary N) is 2. The molecule has 106 valence electrons. The van der Waals surface area contributed by atoms with Crippen LogP contribution in [0.3, 0.4) is 0 Å². The molecule has 0 bridgehead atoms. The van der Waals surface area contributed by atoms with Crippen molar-refractivity contribution in [2.24, 2.45) is 0 Å². The summed E-state index contributed by atoms with van der Waals surface area (Å²) in [5, 5.41) is 10.4. The molecule has 2 N–H and O–H groups in total. The first-order chi connectivity index (χ1) is 9.61. The molecule has 0 fully saturated rings. The molecule has 0 radical (unpaired) electrons. The van der Waals surface area contributed by atoms with Gasteiger partial charge in [-0.05, 0) is 42.3 Å². The molecule has 2 rings (SSSR count). The van der Waals surface area contributed by atoms with Gasteiger partial charge in [0.25, 0.3) is 5.91 Å². The molecule has 0 aliphatic carbocycles. The van der Waals surface area contributed by atoms with Crippen LogP contribution in [-0.2, 0) is 0 Å². The Labute approximate surface area is 127 Å². The van der Waals surface area contributed by atoms with Crippen LogP contribution in [0.4, 0.5) is 5.82 Å². The van der Waals surface area contributed by atoms with Gasteiger partial charge in [0.2, 0.25) is 0 Å². The zero-order valence-corrected chi connectivity index (χ0v) is 12.9. The number of thiophene rings is 1. The molecule has 0 aliphatic heterocycles. The Morgan fingerprint density at radius 2 is 2.35 bits per heavy atom. The van der Waals surface area contributed by atoms with Crippen molar-refractivity contribution in [3.05, 3.63) is 45.2 Å². The number of anilines is 1. The zero-order chi connectivity index (χ0) is 14.5. The first-order valence-corrected chi connectivity index (χ1v) is 7.66. The van der Waals surface area contributed by atoms with E-state index in [1.807, 2.05) is 30.7 Å². The number of pyridine rings is 1. The van der Waals surface area contributed by atoms with Crippen LogP contribution in [0.25, 0.3) is 0 Å². The summed E-state index contributed by atoms with van der Waals surface area (Å²) in [4.78, 5) is 16.4. The second-order valence-electron chi connectivity index (χ2n) is 4.33. The Kier molecular flexibility index (Phi) is 4.98. The maximum absolute atomic E-state index is 12.3. The molecule has 0 aromatic carbocycles. The van der Waals surface area contributed by atoms with Crippen LogP contribution in [0.1, 0.15) is 35.8 Å². The molecule has 1 atom stereocenters. The van der Waals surface area contributed by atoms with Crippen LogP contribution in [0.15, 0.2) is 29.1 Å². The second-order valence-corrected chi connectivity index (χ2v) is 5.52. The molecule has 20 heavy (non-hydrogen) atoms. The zero-order valence-electron chi connectivity index (χ0n) is 11.3. The van der Waals surface area contributed by atoms with Crippen molar-refractivity contribution in [3.63, 3.8) is 0 Å². The van der Waals surface area contributed by atoms with Crippen LogP contribution in [0, 0.1) is 0 Å². The van der Waals surface area contributed by atoms with Gasteiger partial charge < -0.3 is 10.6 Å². The summed E-state index contributed by atoms with van der Waals surface area (Å²) in [5.74, 6) is 0.445. The minimum atomic E-state index is -0.199. The van der Waals surface area contributed by atoms with E-state index >= 15 is 0 Å². The van der Waals surface area contributed by atoms with E-state index in [2.05, 4.69) is 15.6 Å². The predicted molar refractivity (Wildman–Crippen MR) is 83.6 cm³/mol. The van der Waals surface area contributed by atoms with Gasteiger partial charge in [0.15, 0.2) is 0 Å². The summed E-state index contributed by atoms with van der Waals surface area (Å²) in [5.41, 5.74) is 1.51. The van der Waals surface area contributed by atoms with Gasteiger partial charge in [-0.2, -0.15) is 11.3 Å². The minimum absolute atomic E-state index is 0.0550. The van der Waals surface area contributed by atoms with Crippen molar-refractivity contribution < 1.29 is 4.79 Å². The fourth-order valence-electron chi connectivity index (χ4n) is 1.77. The van der Waals surface area contributed by atoms with Gasteiger partial charge >= 0.3 is 0 Å². The molecular formula is C14H16ClN3OS. The molecule has 4 nitrogen and oxygen atoms in total. The topological polar surface area (TPSA) is 54.0 Å². The monoisotopic (exact) mass is 309 g/mol. The average molecular weight is 310 g/mol. The highest BCUT2D eigenvalue weighted by atomic mass is 35.5. The fourth-order valence-corrected chi connectivity index (χ4v) is 2.71. The predicted octanol–water partition coefficient (Wildman–Crippen LogP) is 3.72. The summed E-state index contributed by atoms with van der Waals surface area (Å²) >= 11 is 7.66. The molecule has 1 amide bonds. The van der Waals surface area contributed by atoms with E-state index in [1.54, 1.807) is 17.4 Å². The van der Waals surface area contributed by atoms with Gasteiger partial charge in [-0.3, -0.25) is 4.79 Å². The largest absolute Gasteiger partial charge is 0.370 e. The summed E-state index contributed by atoms with van der Waals surface area (Å²) in [7, 11) is 0.